The lowest BCUT2D eigenvalue weighted by Gasteiger charge is -1.67. The molecule has 0 heterocycles. The first-order valence-corrected chi connectivity index (χ1v) is 2.33. The fourth-order valence-corrected chi connectivity index (χ4v) is 0.279. The Morgan fingerprint density at radius 3 is 2.57 bits per heavy atom. The average Bonchev–Trinajstić information content (AvgIpc) is 1.61. The molecular formula is C3H9NO2P+. The minimum absolute atomic E-state index is 0. The molecule has 0 bridgehead atoms. The standard InChI is InChI=1S/C3H6O2P.H3N/c1-2-3-5-6-4;/h2,6H,1,3H2;1H3/q+1;. The van der Waals surface area contributed by atoms with Gasteiger partial charge in [-0.2, -0.15) is 0 Å². The van der Waals surface area contributed by atoms with Gasteiger partial charge in [0.2, 0.25) is 0 Å². The molecule has 3 N–H and O–H groups in total. The second-order valence-electron chi connectivity index (χ2n) is 0.683. The van der Waals surface area contributed by atoms with E-state index in [1.54, 1.807) is 6.08 Å². The predicted octanol–water partition coefficient (Wildman–Crippen LogP) is 1.29. The van der Waals surface area contributed by atoms with Crippen molar-refractivity contribution in [3.05, 3.63) is 12.7 Å². The van der Waals surface area contributed by atoms with Crippen LogP contribution >= 0.6 is 8.69 Å². The van der Waals surface area contributed by atoms with Crippen LogP contribution in [-0.4, -0.2) is 6.61 Å². The maximum absolute atomic E-state index is 9.45. The summed E-state index contributed by atoms with van der Waals surface area (Å²) in [5.74, 6) is 0. The van der Waals surface area contributed by atoms with Crippen molar-refractivity contribution in [3.8, 4) is 0 Å². The molecule has 7 heavy (non-hydrogen) atoms. The lowest BCUT2D eigenvalue weighted by Crippen LogP contribution is -1.69. The first kappa shape index (κ1) is 9.90. The molecule has 0 aliphatic heterocycles. The van der Waals surface area contributed by atoms with Gasteiger partial charge in [-0.05, 0) is 4.57 Å². The second kappa shape index (κ2) is 9.23. The van der Waals surface area contributed by atoms with Crippen molar-refractivity contribution in [3.63, 3.8) is 0 Å². The molecule has 0 rings (SSSR count). The van der Waals surface area contributed by atoms with Crippen LogP contribution in [0.15, 0.2) is 12.7 Å². The zero-order valence-electron chi connectivity index (χ0n) is 4.02. The van der Waals surface area contributed by atoms with Gasteiger partial charge >= 0.3 is 8.69 Å². The summed E-state index contributed by atoms with van der Waals surface area (Å²) in [5.41, 5.74) is 0. The Morgan fingerprint density at radius 2 is 2.43 bits per heavy atom. The topological polar surface area (TPSA) is 61.3 Å². The van der Waals surface area contributed by atoms with Crippen LogP contribution in [0.4, 0.5) is 0 Å². The molecule has 3 nitrogen and oxygen atoms in total. The van der Waals surface area contributed by atoms with Gasteiger partial charge in [-0.1, -0.05) is 6.08 Å². The van der Waals surface area contributed by atoms with E-state index < -0.39 is 8.69 Å². The Labute approximate surface area is 44.2 Å². The van der Waals surface area contributed by atoms with Crippen LogP contribution < -0.4 is 6.15 Å². The van der Waals surface area contributed by atoms with E-state index in [1.807, 2.05) is 0 Å². The zero-order chi connectivity index (χ0) is 4.83. The van der Waals surface area contributed by atoms with E-state index in [-0.39, 0.29) is 6.15 Å². The van der Waals surface area contributed by atoms with Crippen molar-refractivity contribution in [1.82, 2.24) is 6.15 Å². The number of hydrogen-bond acceptors (Lipinski definition) is 3. The summed E-state index contributed by atoms with van der Waals surface area (Å²) in [6.07, 6.45) is 1.55. The molecule has 0 aromatic rings. The monoisotopic (exact) mass is 122 g/mol. The Bertz CT molecular complexity index is 48.9. The summed E-state index contributed by atoms with van der Waals surface area (Å²) in [4.78, 5) is 0. The largest absolute Gasteiger partial charge is 0.494 e. The summed E-state index contributed by atoms with van der Waals surface area (Å²) in [7, 11) is -0.657. The van der Waals surface area contributed by atoms with E-state index in [1.165, 1.54) is 0 Å². The van der Waals surface area contributed by atoms with Gasteiger partial charge in [0.1, 0.15) is 6.61 Å². The quantitative estimate of drug-likeness (QED) is 0.348. The Kier molecular flexibility index (Phi) is 13.1. The molecule has 0 aliphatic rings. The molecule has 0 saturated carbocycles. The van der Waals surface area contributed by atoms with Crippen molar-refractivity contribution < 1.29 is 9.09 Å². The fraction of sp³-hybridized carbons (Fsp3) is 0.333. The second-order valence-corrected chi connectivity index (χ2v) is 1.14. The summed E-state index contributed by atoms with van der Waals surface area (Å²) in [6.45, 7) is 3.72. The summed E-state index contributed by atoms with van der Waals surface area (Å²) in [6, 6.07) is 0. The molecule has 0 radical (unpaired) electrons. The van der Waals surface area contributed by atoms with Crippen LogP contribution in [0.5, 0.6) is 0 Å². The van der Waals surface area contributed by atoms with Gasteiger partial charge in [0.25, 0.3) is 0 Å². The number of hydrogen-bond donors (Lipinski definition) is 1. The molecule has 4 heteroatoms. The van der Waals surface area contributed by atoms with Gasteiger partial charge in [0, 0.05) is 0 Å². The highest BCUT2D eigenvalue weighted by molar-refractivity contribution is 7.17. The van der Waals surface area contributed by atoms with E-state index in [4.69, 9.17) is 0 Å². The molecule has 0 saturated heterocycles. The highest BCUT2D eigenvalue weighted by Crippen LogP contribution is 1.90. The molecule has 0 spiro atoms. The Balaban J connectivity index is 0. The molecule has 0 fully saturated rings. The molecule has 42 valence electrons. The van der Waals surface area contributed by atoms with Crippen molar-refractivity contribution in [2.24, 2.45) is 0 Å². The van der Waals surface area contributed by atoms with E-state index >= 15 is 0 Å². The third-order valence-electron chi connectivity index (χ3n) is 0.260. The number of rotatable bonds is 3. The highest BCUT2D eigenvalue weighted by Gasteiger charge is 1.79. The Hall–Kier alpha value is -0.240. The summed E-state index contributed by atoms with van der Waals surface area (Å²) in [5, 5.41) is 0. The minimum atomic E-state index is -0.657. The summed E-state index contributed by atoms with van der Waals surface area (Å²) >= 11 is 0. The van der Waals surface area contributed by atoms with E-state index in [0.717, 1.165) is 0 Å². The van der Waals surface area contributed by atoms with Crippen LogP contribution in [0, 0.1) is 0 Å². The van der Waals surface area contributed by atoms with Gasteiger partial charge in [-0.15, -0.1) is 11.1 Å². The lowest BCUT2D eigenvalue weighted by molar-refractivity contribution is 0.387. The van der Waals surface area contributed by atoms with Crippen LogP contribution in [0.3, 0.4) is 0 Å². The predicted molar refractivity (Wildman–Crippen MR) is 30.2 cm³/mol. The van der Waals surface area contributed by atoms with Crippen LogP contribution in [0.25, 0.3) is 0 Å². The maximum atomic E-state index is 9.45. The van der Waals surface area contributed by atoms with E-state index in [0.29, 0.717) is 6.61 Å². The molecule has 0 aromatic heterocycles. The third-order valence-corrected chi connectivity index (χ3v) is 0.545. The van der Waals surface area contributed by atoms with Gasteiger partial charge < -0.3 is 6.15 Å². The van der Waals surface area contributed by atoms with Gasteiger partial charge in [0.15, 0.2) is 0 Å². The fourth-order valence-electron chi connectivity index (χ4n) is 0.0929. The summed E-state index contributed by atoms with van der Waals surface area (Å²) < 4.78 is 13.8. The normalized spacial score (nSPS) is 7.43. The van der Waals surface area contributed by atoms with Gasteiger partial charge in [-0.3, -0.25) is 0 Å². The zero-order valence-corrected chi connectivity index (χ0v) is 5.02. The van der Waals surface area contributed by atoms with Gasteiger partial charge in [0.05, 0.1) is 0 Å². The first-order valence-electron chi connectivity index (χ1n) is 1.51. The van der Waals surface area contributed by atoms with Crippen LogP contribution in [0.2, 0.25) is 0 Å². The van der Waals surface area contributed by atoms with Crippen molar-refractivity contribution in [2.75, 3.05) is 6.61 Å². The van der Waals surface area contributed by atoms with Crippen molar-refractivity contribution >= 4 is 8.69 Å². The first-order chi connectivity index (χ1) is 2.91. The van der Waals surface area contributed by atoms with Crippen LogP contribution in [-0.2, 0) is 9.09 Å². The Morgan fingerprint density at radius 1 is 1.86 bits per heavy atom. The van der Waals surface area contributed by atoms with E-state index in [9.17, 15) is 4.57 Å². The molecular weight excluding hydrogens is 113 g/mol. The molecule has 0 aromatic carbocycles. The maximum Gasteiger partial charge on any atom is 0.494 e. The van der Waals surface area contributed by atoms with Crippen molar-refractivity contribution in [1.29, 1.82) is 0 Å². The minimum Gasteiger partial charge on any atom is -0.344 e. The molecule has 0 aliphatic carbocycles. The molecule has 0 amide bonds. The SMILES string of the molecule is C=CCO[PH+]=O.N. The van der Waals surface area contributed by atoms with Crippen LogP contribution in [0.1, 0.15) is 0 Å². The average molecular weight is 122 g/mol. The highest BCUT2D eigenvalue weighted by atomic mass is 31.1. The van der Waals surface area contributed by atoms with Crippen molar-refractivity contribution in [2.45, 2.75) is 0 Å². The lowest BCUT2D eigenvalue weighted by atomic mass is 10.7. The van der Waals surface area contributed by atoms with E-state index in [2.05, 4.69) is 11.1 Å². The smallest absolute Gasteiger partial charge is 0.344 e. The third kappa shape index (κ3) is 10.7. The molecule has 1 unspecified atom stereocenters. The molecule has 1 atom stereocenters. The van der Waals surface area contributed by atoms with Gasteiger partial charge in [-0.25, -0.2) is 0 Å².